The summed E-state index contributed by atoms with van der Waals surface area (Å²) in [6, 6.07) is 4.72. The highest BCUT2D eigenvalue weighted by molar-refractivity contribution is 7.13. The normalized spacial score (nSPS) is 15.8. The van der Waals surface area contributed by atoms with Crippen LogP contribution in [0.3, 0.4) is 0 Å². The van der Waals surface area contributed by atoms with Crippen LogP contribution in [0.4, 0.5) is 0 Å². The van der Waals surface area contributed by atoms with Crippen LogP contribution in [-0.4, -0.2) is 32.8 Å². The number of aromatic nitrogens is 3. The standard InChI is InChI=1S/C18H22N4OS/c1-11-5-6-24-17(11)18-19-16(14(4)23-18)10-21-8-15(9-21)22-13(3)7-12(2)20-22/h5-7,15H,8-10H2,1-4H3. The third-order valence-corrected chi connectivity index (χ3v) is 5.66. The molecule has 0 radical (unpaired) electrons. The van der Waals surface area contributed by atoms with Crippen LogP contribution in [-0.2, 0) is 6.54 Å². The Morgan fingerprint density at radius 3 is 2.67 bits per heavy atom. The number of aryl methyl sites for hydroxylation is 4. The predicted molar refractivity (Wildman–Crippen MR) is 95.3 cm³/mol. The maximum atomic E-state index is 5.90. The van der Waals surface area contributed by atoms with Crippen molar-refractivity contribution in [2.24, 2.45) is 0 Å². The minimum atomic E-state index is 0.477. The van der Waals surface area contributed by atoms with Crippen molar-refractivity contribution in [1.82, 2.24) is 19.7 Å². The summed E-state index contributed by atoms with van der Waals surface area (Å²) in [6.45, 7) is 11.2. The summed E-state index contributed by atoms with van der Waals surface area (Å²) in [5.74, 6) is 1.68. The molecule has 24 heavy (non-hydrogen) atoms. The van der Waals surface area contributed by atoms with Crippen molar-refractivity contribution in [3.8, 4) is 10.8 Å². The molecule has 4 heterocycles. The van der Waals surface area contributed by atoms with E-state index in [0.29, 0.717) is 6.04 Å². The van der Waals surface area contributed by atoms with Crippen molar-refractivity contribution in [3.63, 3.8) is 0 Å². The average molecular weight is 342 g/mol. The Bertz CT molecular complexity index is 870. The summed E-state index contributed by atoms with van der Waals surface area (Å²) >= 11 is 1.68. The first-order valence-corrected chi connectivity index (χ1v) is 9.15. The first-order chi connectivity index (χ1) is 11.5. The van der Waals surface area contributed by atoms with E-state index in [1.54, 1.807) is 11.3 Å². The van der Waals surface area contributed by atoms with Crippen molar-refractivity contribution >= 4 is 11.3 Å². The summed E-state index contributed by atoms with van der Waals surface area (Å²) in [7, 11) is 0. The van der Waals surface area contributed by atoms with Crippen molar-refractivity contribution in [2.75, 3.05) is 13.1 Å². The molecule has 1 aliphatic heterocycles. The molecule has 0 aromatic carbocycles. The van der Waals surface area contributed by atoms with E-state index in [1.807, 2.05) is 13.8 Å². The minimum Gasteiger partial charge on any atom is -0.440 e. The van der Waals surface area contributed by atoms with Crippen molar-refractivity contribution in [2.45, 2.75) is 40.3 Å². The lowest BCUT2D eigenvalue weighted by Gasteiger charge is -2.39. The van der Waals surface area contributed by atoms with Crippen LogP contribution in [0.2, 0.25) is 0 Å². The summed E-state index contributed by atoms with van der Waals surface area (Å²) in [5, 5.41) is 6.68. The monoisotopic (exact) mass is 342 g/mol. The van der Waals surface area contributed by atoms with Gasteiger partial charge in [-0.25, -0.2) is 4.98 Å². The van der Waals surface area contributed by atoms with Gasteiger partial charge in [0.15, 0.2) is 0 Å². The molecule has 3 aromatic heterocycles. The minimum absolute atomic E-state index is 0.477. The molecule has 0 bridgehead atoms. The van der Waals surface area contributed by atoms with Crippen LogP contribution in [0.1, 0.15) is 34.4 Å². The molecule has 0 unspecified atom stereocenters. The molecule has 1 aliphatic rings. The Morgan fingerprint density at radius 2 is 2.04 bits per heavy atom. The third-order valence-electron chi connectivity index (χ3n) is 4.65. The molecule has 0 N–H and O–H groups in total. The lowest BCUT2D eigenvalue weighted by Crippen LogP contribution is -2.47. The van der Waals surface area contributed by atoms with Crippen LogP contribution in [0, 0.1) is 27.7 Å². The second kappa shape index (κ2) is 5.86. The Hall–Kier alpha value is -1.92. The second-order valence-corrected chi connectivity index (χ2v) is 7.59. The summed E-state index contributed by atoms with van der Waals surface area (Å²) in [6.07, 6.45) is 0. The van der Waals surface area contributed by atoms with Gasteiger partial charge in [0.25, 0.3) is 0 Å². The highest BCUT2D eigenvalue weighted by Crippen LogP contribution is 2.31. The maximum Gasteiger partial charge on any atom is 0.237 e. The highest BCUT2D eigenvalue weighted by Gasteiger charge is 2.31. The van der Waals surface area contributed by atoms with Crippen molar-refractivity contribution in [1.29, 1.82) is 0 Å². The van der Waals surface area contributed by atoms with E-state index < -0.39 is 0 Å². The van der Waals surface area contributed by atoms with Gasteiger partial charge in [-0.05, 0) is 50.8 Å². The van der Waals surface area contributed by atoms with Gasteiger partial charge >= 0.3 is 0 Å². The van der Waals surface area contributed by atoms with E-state index in [1.165, 1.54) is 11.3 Å². The zero-order valence-electron chi connectivity index (χ0n) is 14.5. The van der Waals surface area contributed by atoms with Gasteiger partial charge in [0.2, 0.25) is 5.89 Å². The van der Waals surface area contributed by atoms with Gasteiger partial charge in [-0.15, -0.1) is 11.3 Å². The van der Waals surface area contributed by atoms with Crippen LogP contribution in [0.5, 0.6) is 0 Å². The molecule has 4 rings (SSSR count). The van der Waals surface area contributed by atoms with E-state index in [0.717, 1.165) is 47.6 Å². The maximum absolute atomic E-state index is 5.90. The number of hydrogen-bond acceptors (Lipinski definition) is 5. The molecule has 0 amide bonds. The fourth-order valence-corrected chi connectivity index (χ4v) is 4.17. The number of nitrogens with zero attached hydrogens (tertiary/aromatic N) is 4. The Balaban J connectivity index is 1.43. The molecular formula is C18H22N4OS. The zero-order valence-corrected chi connectivity index (χ0v) is 15.4. The Morgan fingerprint density at radius 1 is 1.25 bits per heavy atom. The van der Waals surface area contributed by atoms with E-state index in [4.69, 9.17) is 9.40 Å². The van der Waals surface area contributed by atoms with E-state index in [9.17, 15) is 0 Å². The van der Waals surface area contributed by atoms with Crippen LogP contribution in [0.15, 0.2) is 21.9 Å². The molecule has 0 aliphatic carbocycles. The largest absolute Gasteiger partial charge is 0.440 e. The second-order valence-electron chi connectivity index (χ2n) is 6.67. The number of likely N-dealkylation sites (tertiary alicyclic amines) is 1. The fraction of sp³-hybridized carbons (Fsp3) is 0.444. The molecular weight excluding hydrogens is 320 g/mol. The SMILES string of the molecule is Cc1cc(C)n(C2CN(Cc3nc(-c4sccc4C)oc3C)C2)n1. The molecule has 1 saturated heterocycles. The highest BCUT2D eigenvalue weighted by atomic mass is 32.1. The van der Waals surface area contributed by atoms with Gasteiger partial charge in [-0.3, -0.25) is 9.58 Å². The molecule has 0 atom stereocenters. The molecule has 1 fully saturated rings. The van der Waals surface area contributed by atoms with Gasteiger partial charge in [0.1, 0.15) is 5.76 Å². The van der Waals surface area contributed by atoms with Crippen LogP contribution >= 0.6 is 11.3 Å². The topological polar surface area (TPSA) is 47.1 Å². The molecule has 126 valence electrons. The molecule has 3 aromatic rings. The summed E-state index contributed by atoms with van der Waals surface area (Å²) in [4.78, 5) is 8.27. The lowest BCUT2D eigenvalue weighted by atomic mass is 10.1. The number of hydrogen-bond donors (Lipinski definition) is 0. The van der Waals surface area contributed by atoms with Crippen molar-refractivity contribution in [3.05, 3.63) is 45.9 Å². The number of oxazole rings is 1. The number of thiophene rings is 1. The summed E-state index contributed by atoms with van der Waals surface area (Å²) in [5.41, 5.74) is 4.60. The van der Waals surface area contributed by atoms with Gasteiger partial charge in [-0.1, -0.05) is 0 Å². The number of rotatable bonds is 4. The molecule has 6 heteroatoms. The quantitative estimate of drug-likeness (QED) is 0.722. The summed E-state index contributed by atoms with van der Waals surface area (Å²) < 4.78 is 8.05. The van der Waals surface area contributed by atoms with Gasteiger partial charge < -0.3 is 4.42 Å². The van der Waals surface area contributed by atoms with Crippen LogP contribution in [0.25, 0.3) is 10.8 Å². The molecule has 0 spiro atoms. The fourth-order valence-electron chi connectivity index (χ4n) is 3.32. The van der Waals surface area contributed by atoms with Gasteiger partial charge in [-0.2, -0.15) is 5.10 Å². The lowest BCUT2D eigenvalue weighted by molar-refractivity contribution is 0.0877. The Labute approximate surface area is 145 Å². The Kier molecular flexibility index (Phi) is 3.81. The van der Waals surface area contributed by atoms with Crippen LogP contribution < -0.4 is 0 Å². The molecule has 5 nitrogen and oxygen atoms in total. The average Bonchev–Trinajstić information content (AvgIpc) is 3.14. The third kappa shape index (κ3) is 2.70. The first kappa shape index (κ1) is 15.6. The van der Waals surface area contributed by atoms with Crippen molar-refractivity contribution < 1.29 is 4.42 Å². The van der Waals surface area contributed by atoms with E-state index in [2.05, 4.69) is 46.0 Å². The van der Waals surface area contributed by atoms with Gasteiger partial charge in [0.05, 0.1) is 22.3 Å². The predicted octanol–water partition coefficient (Wildman–Crippen LogP) is 3.89. The first-order valence-electron chi connectivity index (χ1n) is 8.27. The molecule has 0 saturated carbocycles. The smallest absolute Gasteiger partial charge is 0.237 e. The zero-order chi connectivity index (χ0) is 16.8. The van der Waals surface area contributed by atoms with E-state index in [-0.39, 0.29) is 0 Å². The van der Waals surface area contributed by atoms with Gasteiger partial charge in [0, 0.05) is 25.3 Å². The van der Waals surface area contributed by atoms with E-state index >= 15 is 0 Å².